The molecule has 1 amide bonds. The SMILES string of the molecule is COc1cc(C(=O)N2CC3CCC2[C@@H]3N)cc2nc(-c3cc4ccc(-c5ccc(O)c(C(=O)O)c5C)nc4n3CC3CC3)n(C)c12. The number of nitrogens with zero attached hydrogens (tertiary/aromatic N) is 5. The molecule has 11 nitrogen and oxygen atoms in total. The molecule has 4 heterocycles. The van der Waals surface area contributed by atoms with Crippen molar-refractivity contribution in [2.75, 3.05) is 13.7 Å². The number of aromatic carboxylic acids is 1. The smallest absolute Gasteiger partial charge is 0.339 e. The molecule has 2 bridgehead atoms. The highest BCUT2D eigenvalue weighted by Gasteiger charge is 2.47. The first kappa shape index (κ1) is 28.6. The molecule has 2 unspecified atom stereocenters. The Morgan fingerprint density at radius 1 is 1.07 bits per heavy atom. The molecule has 0 spiro atoms. The van der Waals surface area contributed by atoms with Crippen molar-refractivity contribution >= 4 is 33.9 Å². The molecule has 3 aromatic heterocycles. The third-order valence-electron chi connectivity index (χ3n) is 10.4. The molecule has 5 aromatic rings. The first-order valence-corrected chi connectivity index (χ1v) is 15.8. The van der Waals surface area contributed by atoms with Gasteiger partial charge in [-0.1, -0.05) is 0 Å². The summed E-state index contributed by atoms with van der Waals surface area (Å²) < 4.78 is 10.0. The summed E-state index contributed by atoms with van der Waals surface area (Å²) in [5.74, 6) is 0.714. The van der Waals surface area contributed by atoms with E-state index in [4.69, 9.17) is 20.4 Å². The summed E-state index contributed by atoms with van der Waals surface area (Å²) in [6, 6.07) is 12.9. The first-order chi connectivity index (χ1) is 22.1. The van der Waals surface area contributed by atoms with Crippen LogP contribution in [0.15, 0.2) is 42.5 Å². The Morgan fingerprint density at radius 2 is 1.87 bits per heavy atom. The molecule has 2 aromatic carbocycles. The summed E-state index contributed by atoms with van der Waals surface area (Å²) in [6.45, 7) is 3.15. The van der Waals surface area contributed by atoms with Gasteiger partial charge in [-0.2, -0.15) is 0 Å². The Kier molecular flexibility index (Phi) is 6.40. The summed E-state index contributed by atoms with van der Waals surface area (Å²) in [4.78, 5) is 37.7. The van der Waals surface area contributed by atoms with Crippen molar-refractivity contribution in [3.63, 3.8) is 0 Å². The van der Waals surface area contributed by atoms with Gasteiger partial charge in [-0.15, -0.1) is 0 Å². The van der Waals surface area contributed by atoms with Crippen molar-refractivity contribution in [1.82, 2.24) is 24.0 Å². The zero-order valence-corrected chi connectivity index (χ0v) is 26.0. The quantitative estimate of drug-likeness (QED) is 0.232. The number of piperidine rings is 1. The molecule has 11 heteroatoms. The molecule has 4 N–H and O–H groups in total. The van der Waals surface area contributed by atoms with E-state index in [1.165, 1.54) is 6.07 Å². The second-order valence-corrected chi connectivity index (χ2v) is 13.1. The van der Waals surface area contributed by atoms with Gasteiger partial charge in [0.2, 0.25) is 0 Å². The van der Waals surface area contributed by atoms with E-state index < -0.39 is 5.97 Å². The van der Waals surface area contributed by atoms with Crippen LogP contribution in [0, 0.1) is 18.8 Å². The Balaban J connectivity index is 1.25. The molecule has 8 rings (SSSR count). The minimum atomic E-state index is -1.18. The van der Waals surface area contributed by atoms with Gasteiger partial charge in [0.1, 0.15) is 28.2 Å². The van der Waals surface area contributed by atoms with Gasteiger partial charge >= 0.3 is 5.97 Å². The number of carboxylic acid groups (broad SMARTS) is 1. The number of aryl methyl sites for hydroxylation is 1. The van der Waals surface area contributed by atoms with Crippen molar-refractivity contribution in [3.05, 3.63) is 59.2 Å². The predicted octanol–water partition coefficient (Wildman–Crippen LogP) is 4.95. The molecule has 3 fully saturated rings. The van der Waals surface area contributed by atoms with Crippen LogP contribution in [0.5, 0.6) is 11.5 Å². The fourth-order valence-electron chi connectivity index (χ4n) is 7.72. The normalized spacial score (nSPS) is 20.7. The zero-order valence-electron chi connectivity index (χ0n) is 26.0. The van der Waals surface area contributed by atoms with Gasteiger partial charge in [-0.05, 0) is 92.5 Å². The second-order valence-electron chi connectivity index (χ2n) is 13.1. The summed E-state index contributed by atoms with van der Waals surface area (Å²) in [6.07, 6.45) is 4.30. The molecule has 2 aliphatic carbocycles. The van der Waals surface area contributed by atoms with Crippen molar-refractivity contribution in [3.8, 4) is 34.3 Å². The number of methoxy groups -OCH3 is 1. The van der Waals surface area contributed by atoms with Gasteiger partial charge in [0, 0.05) is 48.7 Å². The van der Waals surface area contributed by atoms with Crippen molar-refractivity contribution in [2.45, 2.75) is 51.2 Å². The average molecular weight is 621 g/mol. The minimum absolute atomic E-state index is 0.0368. The van der Waals surface area contributed by atoms with Crippen molar-refractivity contribution < 1.29 is 24.5 Å². The van der Waals surface area contributed by atoms with E-state index in [0.29, 0.717) is 52.0 Å². The van der Waals surface area contributed by atoms with Crippen LogP contribution in [0.3, 0.4) is 0 Å². The fraction of sp³-hybridized carbons (Fsp3) is 0.371. The number of carbonyl (C=O) groups excluding carboxylic acids is 1. The summed E-state index contributed by atoms with van der Waals surface area (Å²) in [5, 5.41) is 20.8. The maximum absolute atomic E-state index is 13.7. The number of amides is 1. The lowest BCUT2D eigenvalue weighted by Gasteiger charge is -2.27. The number of carboxylic acids is 1. The van der Waals surface area contributed by atoms with Gasteiger partial charge in [0.25, 0.3) is 5.91 Å². The molecule has 1 saturated heterocycles. The summed E-state index contributed by atoms with van der Waals surface area (Å²) in [5.41, 5.74) is 11.7. The van der Waals surface area contributed by atoms with E-state index in [1.807, 2.05) is 40.8 Å². The highest BCUT2D eigenvalue weighted by molar-refractivity contribution is 6.01. The highest BCUT2D eigenvalue weighted by Crippen LogP contribution is 2.41. The number of aromatic hydroxyl groups is 1. The van der Waals surface area contributed by atoms with E-state index >= 15 is 0 Å². The number of likely N-dealkylation sites (tertiary alicyclic amines) is 1. The number of hydrogen-bond acceptors (Lipinski definition) is 7. The van der Waals surface area contributed by atoms with Gasteiger partial charge in [0.15, 0.2) is 5.82 Å². The molecular formula is C35H36N6O5. The van der Waals surface area contributed by atoms with Crippen LogP contribution in [-0.4, -0.2) is 71.8 Å². The van der Waals surface area contributed by atoms with Crippen molar-refractivity contribution in [1.29, 1.82) is 0 Å². The number of rotatable bonds is 7. The van der Waals surface area contributed by atoms with E-state index in [2.05, 4.69) is 10.6 Å². The summed E-state index contributed by atoms with van der Waals surface area (Å²) >= 11 is 0. The van der Waals surface area contributed by atoms with E-state index in [1.54, 1.807) is 20.1 Å². The standard InChI is InChI=1S/C35H36N6O5/c1-17-22(8-11-27(42)29(17)35(44)45)23-9-6-19-13-26(40(32(19)37-23)15-18-4-5-18)33-38-24-12-21(14-28(46-3)31(24)39(33)2)34(43)41-16-20-7-10-25(41)30(20)36/h6,8-9,11-14,18,20,25,30,42H,4-5,7,10,15-16,36H2,1-3H3,(H,44,45)/t20?,25?,30-/m1/s1. The van der Waals surface area contributed by atoms with E-state index in [9.17, 15) is 19.8 Å². The third kappa shape index (κ3) is 4.28. The summed E-state index contributed by atoms with van der Waals surface area (Å²) in [7, 11) is 3.57. The van der Waals surface area contributed by atoms with Crippen LogP contribution in [0.25, 0.3) is 44.8 Å². The third-order valence-corrected chi connectivity index (χ3v) is 10.4. The van der Waals surface area contributed by atoms with Gasteiger partial charge < -0.3 is 34.7 Å². The maximum atomic E-state index is 13.7. The first-order valence-electron chi connectivity index (χ1n) is 15.8. The lowest BCUT2D eigenvalue weighted by Crippen LogP contribution is -2.41. The topological polar surface area (TPSA) is 149 Å². The second kappa shape index (κ2) is 10.3. The monoisotopic (exact) mass is 620 g/mol. The number of imidazole rings is 1. The Labute approximate surface area is 265 Å². The number of nitrogens with two attached hydrogens (primary N) is 1. The fourth-order valence-corrected chi connectivity index (χ4v) is 7.72. The Morgan fingerprint density at radius 3 is 2.54 bits per heavy atom. The number of phenols is 1. The number of aromatic nitrogens is 4. The predicted molar refractivity (Wildman–Crippen MR) is 173 cm³/mol. The molecule has 3 aliphatic rings. The number of pyridine rings is 1. The van der Waals surface area contributed by atoms with Gasteiger partial charge in [-0.25, -0.2) is 14.8 Å². The lowest BCUT2D eigenvalue weighted by atomic mass is 9.98. The average Bonchev–Trinajstić information content (AvgIpc) is 3.44. The molecule has 46 heavy (non-hydrogen) atoms. The molecule has 3 atom stereocenters. The number of hydrogen-bond donors (Lipinski definition) is 3. The Bertz CT molecular complexity index is 2090. The van der Waals surface area contributed by atoms with Crippen LogP contribution in [-0.2, 0) is 13.6 Å². The number of fused-ring (bicyclic) bond motifs is 4. The number of ether oxygens (including phenoxy) is 1. The van der Waals surface area contributed by atoms with Crippen molar-refractivity contribution in [2.24, 2.45) is 24.6 Å². The minimum Gasteiger partial charge on any atom is -0.507 e. The molecule has 236 valence electrons. The van der Waals surface area contributed by atoms with Crippen LogP contribution in [0.4, 0.5) is 0 Å². The van der Waals surface area contributed by atoms with Gasteiger partial charge in [0.05, 0.1) is 24.0 Å². The van der Waals surface area contributed by atoms with E-state index in [-0.39, 0.29) is 29.3 Å². The maximum Gasteiger partial charge on any atom is 0.339 e. The molecule has 1 aliphatic heterocycles. The Hall–Kier alpha value is -4.90. The largest absolute Gasteiger partial charge is 0.507 e. The highest BCUT2D eigenvalue weighted by atomic mass is 16.5. The van der Waals surface area contributed by atoms with Crippen LogP contribution < -0.4 is 10.5 Å². The zero-order chi connectivity index (χ0) is 32.0. The van der Waals surface area contributed by atoms with Crippen LogP contribution in [0.2, 0.25) is 0 Å². The molecule has 2 saturated carbocycles. The number of carbonyl (C=O) groups is 2. The van der Waals surface area contributed by atoms with Crippen LogP contribution >= 0.6 is 0 Å². The molecular weight excluding hydrogens is 584 g/mol. The number of benzene rings is 2. The molecule has 0 radical (unpaired) electrons. The van der Waals surface area contributed by atoms with E-state index in [0.717, 1.165) is 60.3 Å². The van der Waals surface area contributed by atoms with Gasteiger partial charge in [-0.3, -0.25) is 4.79 Å². The van der Waals surface area contributed by atoms with Crippen LogP contribution in [0.1, 0.15) is 52.0 Å². The lowest BCUT2D eigenvalue weighted by molar-refractivity contribution is 0.0687.